The first kappa shape index (κ1) is 32.2. The summed E-state index contributed by atoms with van der Waals surface area (Å²) in [6.07, 6.45) is 4.32. The van der Waals surface area contributed by atoms with Gasteiger partial charge in [0, 0.05) is 49.7 Å². The molecular formula is C32H44F3N7O2. The number of ether oxygens (including phenoxy) is 1. The van der Waals surface area contributed by atoms with Crippen molar-refractivity contribution in [2.24, 2.45) is 10.4 Å². The molecule has 3 saturated heterocycles. The summed E-state index contributed by atoms with van der Waals surface area (Å²) in [5, 5.41) is 2.60. The number of anilines is 2. The average Bonchev–Trinajstić information content (AvgIpc) is 3.02. The number of methoxy groups -OCH3 is 1. The quantitative estimate of drug-likeness (QED) is 0.330. The second-order valence-corrected chi connectivity index (χ2v) is 12.5. The standard InChI is InChI=1S/C32H44F3N7O2/c1-40-14-8-31(9-15-40)10-16-42(17-11-31)19-18-41-12-6-24(7-13-41)37-22-23-20-27(28(44-2)21-25(23)36)39-30(43)26-4-3-5-29(38-26)32(33,34)35/h3-5,20-22,24H,6-19,36H2,1-2H3,(H,39,43). The monoisotopic (exact) mass is 615 g/mol. The molecular weight excluding hydrogens is 571 g/mol. The lowest BCUT2D eigenvalue weighted by molar-refractivity contribution is -0.141. The number of nitrogens with two attached hydrogens (primary N) is 1. The first-order valence-corrected chi connectivity index (χ1v) is 15.5. The molecule has 1 spiro atoms. The highest BCUT2D eigenvalue weighted by atomic mass is 19.4. The summed E-state index contributed by atoms with van der Waals surface area (Å²) in [5.74, 6) is -0.510. The molecule has 1 aromatic carbocycles. The minimum absolute atomic E-state index is 0.166. The molecule has 0 bridgehead atoms. The first-order chi connectivity index (χ1) is 21.0. The third-order valence-corrected chi connectivity index (χ3v) is 9.60. The molecule has 3 aliphatic rings. The Bertz CT molecular complexity index is 1310. The number of hydrogen-bond acceptors (Lipinski definition) is 8. The Kier molecular flexibility index (Phi) is 10.1. The summed E-state index contributed by atoms with van der Waals surface area (Å²) in [4.78, 5) is 28.6. The van der Waals surface area contributed by atoms with E-state index in [1.807, 2.05) is 0 Å². The molecule has 3 N–H and O–H groups in total. The summed E-state index contributed by atoms with van der Waals surface area (Å²) >= 11 is 0. The van der Waals surface area contributed by atoms with Crippen LogP contribution in [0.4, 0.5) is 24.5 Å². The van der Waals surface area contributed by atoms with Crippen molar-refractivity contribution in [1.82, 2.24) is 19.7 Å². The second kappa shape index (κ2) is 13.8. The van der Waals surface area contributed by atoms with E-state index >= 15 is 0 Å². The number of nitrogens with one attached hydrogen (secondary N) is 1. The molecule has 9 nitrogen and oxygen atoms in total. The molecule has 0 unspecified atom stereocenters. The van der Waals surface area contributed by atoms with E-state index in [-0.39, 0.29) is 23.2 Å². The van der Waals surface area contributed by atoms with Gasteiger partial charge in [-0.15, -0.1) is 0 Å². The highest BCUT2D eigenvalue weighted by Gasteiger charge is 2.37. The van der Waals surface area contributed by atoms with Crippen LogP contribution in [-0.2, 0) is 6.18 Å². The van der Waals surface area contributed by atoms with Gasteiger partial charge < -0.3 is 30.5 Å². The van der Waals surface area contributed by atoms with Crippen LogP contribution in [0, 0.1) is 5.41 Å². The van der Waals surface area contributed by atoms with Crippen LogP contribution in [0.2, 0.25) is 0 Å². The molecule has 2 aromatic rings. The molecule has 12 heteroatoms. The van der Waals surface area contributed by atoms with Crippen molar-refractivity contribution in [2.45, 2.75) is 50.7 Å². The molecule has 5 rings (SSSR count). The fourth-order valence-corrected chi connectivity index (χ4v) is 6.50. The van der Waals surface area contributed by atoms with Gasteiger partial charge in [0.05, 0.1) is 18.8 Å². The first-order valence-electron chi connectivity index (χ1n) is 15.5. The molecule has 44 heavy (non-hydrogen) atoms. The molecule has 0 saturated carbocycles. The number of nitrogen functional groups attached to an aromatic ring is 1. The van der Waals surface area contributed by atoms with Gasteiger partial charge in [0.25, 0.3) is 5.91 Å². The number of amides is 1. The SMILES string of the molecule is COc1cc(N)c(C=NC2CCN(CCN3CCC4(CCN(C)CC4)CC3)CC2)cc1NC(=O)c1cccc(C(F)(F)F)n1. The summed E-state index contributed by atoms with van der Waals surface area (Å²) in [6, 6.07) is 6.54. The summed E-state index contributed by atoms with van der Waals surface area (Å²) < 4.78 is 44.6. The molecule has 1 aromatic heterocycles. The molecule has 1 amide bonds. The third-order valence-electron chi connectivity index (χ3n) is 9.60. The minimum atomic E-state index is -4.65. The van der Waals surface area contributed by atoms with Crippen molar-refractivity contribution >= 4 is 23.5 Å². The van der Waals surface area contributed by atoms with E-state index in [9.17, 15) is 18.0 Å². The van der Waals surface area contributed by atoms with E-state index in [0.29, 0.717) is 16.7 Å². The summed E-state index contributed by atoms with van der Waals surface area (Å²) in [6.45, 7) is 9.10. The molecule has 0 aliphatic carbocycles. The number of rotatable bonds is 8. The van der Waals surface area contributed by atoms with Gasteiger partial charge in [-0.05, 0) is 95.4 Å². The number of piperidine rings is 3. The number of likely N-dealkylation sites (tertiary alicyclic amines) is 3. The van der Waals surface area contributed by atoms with Crippen molar-refractivity contribution in [3.63, 3.8) is 0 Å². The van der Waals surface area contributed by atoms with Crippen LogP contribution in [0.3, 0.4) is 0 Å². The van der Waals surface area contributed by atoms with Gasteiger partial charge in [-0.1, -0.05) is 6.07 Å². The highest BCUT2D eigenvalue weighted by molar-refractivity contribution is 6.04. The van der Waals surface area contributed by atoms with Crippen molar-refractivity contribution in [3.8, 4) is 5.75 Å². The second-order valence-electron chi connectivity index (χ2n) is 12.5. The highest BCUT2D eigenvalue weighted by Crippen LogP contribution is 2.41. The predicted octanol–water partition coefficient (Wildman–Crippen LogP) is 4.63. The molecule has 3 fully saturated rings. The number of benzene rings is 1. The smallest absolute Gasteiger partial charge is 0.433 e. The summed E-state index contributed by atoms with van der Waals surface area (Å²) in [7, 11) is 3.66. The Hall–Kier alpha value is -3.22. The van der Waals surface area contributed by atoms with Gasteiger partial charge in [-0.3, -0.25) is 9.79 Å². The van der Waals surface area contributed by atoms with Gasteiger partial charge in [-0.25, -0.2) is 4.98 Å². The number of hydrogen-bond donors (Lipinski definition) is 2. The van der Waals surface area contributed by atoms with Crippen molar-refractivity contribution < 1.29 is 22.7 Å². The van der Waals surface area contributed by atoms with Gasteiger partial charge in [0.15, 0.2) is 0 Å². The Morgan fingerprint density at radius 2 is 1.70 bits per heavy atom. The molecule has 0 atom stereocenters. The average molecular weight is 616 g/mol. The maximum atomic E-state index is 13.1. The van der Waals surface area contributed by atoms with Crippen LogP contribution in [0.1, 0.15) is 60.3 Å². The largest absolute Gasteiger partial charge is 0.494 e. The number of pyridine rings is 1. The molecule has 4 heterocycles. The van der Waals surface area contributed by atoms with Gasteiger partial charge in [-0.2, -0.15) is 13.2 Å². The van der Waals surface area contributed by atoms with Crippen LogP contribution in [0.25, 0.3) is 0 Å². The fourth-order valence-electron chi connectivity index (χ4n) is 6.50. The Morgan fingerprint density at radius 3 is 2.34 bits per heavy atom. The van der Waals surface area contributed by atoms with E-state index in [1.165, 1.54) is 65.0 Å². The van der Waals surface area contributed by atoms with Crippen LogP contribution < -0.4 is 15.8 Å². The van der Waals surface area contributed by atoms with E-state index < -0.39 is 17.8 Å². The van der Waals surface area contributed by atoms with Gasteiger partial charge in [0.2, 0.25) is 0 Å². The lowest BCUT2D eigenvalue weighted by atomic mass is 9.71. The van der Waals surface area contributed by atoms with Gasteiger partial charge in [0.1, 0.15) is 17.1 Å². The van der Waals surface area contributed by atoms with Crippen LogP contribution in [0.5, 0.6) is 5.75 Å². The summed E-state index contributed by atoms with van der Waals surface area (Å²) in [5.41, 5.74) is 6.60. The fraction of sp³-hybridized carbons (Fsp3) is 0.594. The van der Waals surface area contributed by atoms with E-state index in [4.69, 9.17) is 15.5 Å². The minimum Gasteiger partial charge on any atom is -0.494 e. The van der Waals surface area contributed by atoms with E-state index in [2.05, 4.69) is 32.0 Å². The maximum absolute atomic E-state index is 13.1. The Balaban J connectivity index is 1.11. The van der Waals surface area contributed by atoms with Crippen LogP contribution in [0.15, 0.2) is 35.3 Å². The van der Waals surface area contributed by atoms with E-state index in [0.717, 1.165) is 51.2 Å². The van der Waals surface area contributed by atoms with Crippen molar-refractivity contribution in [1.29, 1.82) is 0 Å². The third kappa shape index (κ3) is 8.08. The van der Waals surface area contributed by atoms with Crippen LogP contribution in [-0.4, -0.2) is 104 Å². The lowest BCUT2D eigenvalue weighted by Gasteiger charge is -2.46. The number of halogens is 3. The zero-order valence-corrected chi connectivity index (χ0v) is 25.7. The van der Waals surface area contributed by atoms with Crippen LogP contribution >= 0.6 is 0 Å². The number of alkyl halides is 3. The number of carbonyl (C=O) groups excluding carboxylic acids is 1. The Morgan fingerprint density at radius 1 is 1.07 bits per heavy atom. The van der Waals surface area contributed by atoms with Crippen molar-refractivity contribution in [3.05, 3.63) is 47.3 Å². The zero-order valence-electron chi connectivity index (χ0n) is 25.7. The number of aliphatic imine (C=N–C) groups is 1. The van der Waals surface area contributed by atoms with Crippen molar-refractivity contribution in [2.75, 3.05) is 77.6 Å². The predicted molar refractivity (Wildman–Crippen MR) is 166 cm³/mol. The normalized spacial score (nSPS) is 20.8. The molecule has 3 aliphatic heterocycles. The van der Waals surface area contributed by atoms with E-state index in [1.54, 1.807) is 18.3 Å². The molecule has 0 radical (unpaired) electrons. The maximum Gasteiger partial charge on any atom is 0.433 e. The lowest BCUT2D eigenvalue weighted by Crippen LogP contribution is -2.48. The molecule has 240 valence electrons. The number of carbonyl (C=O) groups is 1. The zero-order chi connectivity index (χ0) is 31.3. The number of aromatic nitrogens is 1. The Labute approximate surface area is 257 Å². The topological polar surface area (TPSA) is 99.3 Å². The number of nitrogens with zero attached hydrogens (tertiary/aromatic N) is 5. The van der Waals surface area contributed by atoms with Gasteiger partial charge >= 0.3 is 6.18 Å².